The molecule has 0 saturated carbocycles. The average Bonchev–Trinajstić information content (AvgIpc) is 2.71. The van der Waals surface area contributed by atoms with Gasteiger partial charge in [-0.1, -0.05) is 41.1 Å². The van der Waals surface area contributed by atoms with Crippen molar-refractivity contribution in [3.05, 3.63) is 29.8 Å². The molecule has 5 heteroatoms. The van der Waals surface area contributed by atoms with E-state index in [0.717, 1.165) is 12.0 Å². The lowest BCUT2D eigenvalue weighted by atomic mass is 10.1. The van der Waals surface area contributed by atoms with Crippen molar-refractivity contribution in [1.82, 2.24) is 4.31 Å². The van der Waals surface area contributed by atoms with Crippen LogP contribution in [0.4, 0.5) is 0 Å². The number of rotatable bonds is 3. The van der Waals surface area contributed by atoms with Gasteiger partial charge in [-0.3, -0.25) is 0 Å². The van der Waals surface area contributed by atoms with E-state index < -0.39 is 10.0 Å². The Morgan fingerprint density at radius 2 is 2.06 bits per heavy atom. The lowest BCUT2D eigenvalue weighted by Gasteiger charge is -2.25. The first kappa shape index (κ1) is 14.0. The van der Waals surface area contributed by atoms with Crippen LogP contribution in [0.1, 0.15) is 18.9 Å². The van der Waals surface area contributed by atoms with Gasteiger partial charge in [0, 0.05) is 17.9 Å². The van der Waals surface area contributed by atoms with Crippen LogP contribution in [-0.4, -0.2) is 30.6 Å². The molecule has 0 aliphatic carbocycles. The fourth-order valence-electron chi connectivity index (χ4n) is 2.47. The van der Waals surface area contributed by atoms with Gasteiger partial charge in [0.1, 0.15) is 0 Å². The fourth-order valence-corrected chi connectivity index (χ4v) is 5.61. The minimum Gasteiger partial charge on any atom is -0.207 e. The number of aryl methyl sites for hydroxylation is 1. The van der Waals surface area contributed by atoms with Crippen molar-refractivity contribution in [3.8, 4) is 0 Å². The molecule has 0 spiro atoms. The maximum absolute atomic E-state index is 12.7. The Kier molecular flexibility index (Phi) is 4.14. The molecule has 0 aromatic heterocycles. The van der Waals surface area contributed by atoms with Gasteiger partial charge in [-0.2, -0.15) is 4.31 Å². The van der Waals surface area contributed by atoms with Gasteiger partial charge in [-0.25, -0.2) is 8.42 Å². The van der Waals surface area contributed by atoms with Gasteiger partial charge in [0.15, 0.2) is 0 Å². The molecule has 0 bridgehead atoms. The third-order valence-electron chi connectivity index (χ3n) is 3.67. The van der Waals surface area contributed by atoms with Gasteiger partial charge in [-0.15, -0.1) is 0 Å². The van der Waals surface area contributed by atoms with Crippen LogP contribution in [0.25, 0.3) is 0 Å². The summed E-state index contributed by atoms with van der Waals surface area (Å²) in [6.45, 7) is 4.57. The first-order chi connectivity index (χ1) is 8.48. The summed E-state index contributed by atoms with van der Waals surface area (Å²) in [5, 5.41) is 0.694. The molecule has 2 unspecified atom stereocenters. The second kappa shape index (κ2) is 5.31. The molecule has 3 nitrogen and oxygen atoms in total. The second-order valence-corrected chi connectivity index (χ2v) is 7.38. The predicted octanol–water partition coefficient (Wildman–Crippen LogP) is 2.79. The van der Waals surface area contributed by atoms with Gasteiger partial charge in [0.2, 0.25) is 10.0 Å². The standard InChI is InChI=1S/C13H18BrNO2S/c1-10-7-8-15(12(10)9-14)18(16,17)13-6-4-3-5-11(13)2/h3-6,10,12H,7-9H2,1-2H3. The van der Waals surface area contributed by atoms with Crippen molar-refractivity contribution in [1.29, 1.82) is 0 Å². The highest BCUT2D eigenvalue weighted by Crippen LogP contribution is 2.31. The van der Waals surface area contributed by atoms with Crippen LogP contribution in [0.2, 0.25) is 0 Å². The summed E-state index contributed by atoms with van der Waals surface area (Å²) < 4.78 is 27.0. The zero-order chi connectivity index (χ0) is 13.3. The van der Waals surface area contributed by atoms with Crippen LogP contribution in [0, 0.1) is 12.8 Å². The van der Waals surface area contributed by atoms with E-state index in [9.17, 15) is 8.42 Å². The summed E-state index contributed by atoms with van der Waals surface area (Å²) in [4.78, 5) is 0.435. The highest BCUT2D eigenvalue weighted by atomic mass is 79.9. The molecule has 0 amide bonds. The molecule has 1 fully saturated rings. The number of benzene rings is 1. The molecule has 100 valence electrons. The van der Waals surface area contributed by atoms with Gasteiger partial charge >= 0.3 is 0 Å². The number of hydrogen-bond acceptors (Lipinski definition) is 2. The average molecular weight is 332 g/mol. The number of sulfonamides is 1. The van der Waals surface area contributed by atoms with Crippen LogP contribution >= 0.6 is 15.9 Å². The molecule has 1 aliphatic heterocycles. The maximum atomic E-state index is 12.7. The second-order valence-electron chi connectivity index (χ2n) is 4.87. The third-order valence-corrected chi connectivity index (χ3v) is 6.42. The number of hydrogen-bond donors (Lipinski definition) is 0. The quantitative estimate of drug-likeness (QED) is 0.798. The van der Waals surface area contributed by atoms with E-state index >= 15 is 0 Å². The molecule has 0 N–H and O–H groups in total. The van der Waals surface area contributed by atoms with Crippen LogP contribution in [0.5, 0.6) is 0 Å². The number of halogens is 1. The summed E-state index contributed by atoms with van der Waals surface area (Å²) in [5.74, 6) is 0.406. The Hall–Kier alpha value is -0.390. The molecule has 2 atom stereocenters. The molecule has 0 radical (unpaired) electrons. The molecule has 1 aliphatic rings. The van der Waals surface area contributed by atoms with Crippen LogP contribution < -0.4 is 0 Å². The minimum atomic E-state index is -3.36. The summed E-state index contributed by atoms with van der Waals surface area (Å²) >= 11 is 3.43. The van der Waals surface area contributed by atoms with Crippen LogP contribution in [0.15, 0.2) is 29.2 Å². The van der Waals surface area contributed by atoms with Crippen molar-refractivity contribution in [3.63, 3.8) is 0 Å². The predicted molar refractivity (Wildman–Crippen MR) is 76.4 cm³/mol. The van der Waals surface area contributed by atoms with Crippen molar-refractivity contribution in [2.75, 3.05) is 11.9 Å². The normalized spacial score (nSPS) is 25.5. The topological polar surface area (TPSA) is 37.4 Å². The van der Waals surface area contributed by atoms with Gasteiger partial charge in [0.05, 0.1) is 4.90 Å². The molecule has 18 heavy (non-hydrogen) atoms. The Bertz CT molecular complexity index is 530. The Labute approximate surface area is 117 Å². The lowest BCUT2D eigenvalue weighted by molar-refractivity contribution is 0.378. The van der Waals surface area contributed by atoms with Crippen molar-refractivity contribution >= 4 is 26.0 Å². The van der Waals surface area contributed by atoms with Gasteiger partial charge < -0.3 is 0 Å². The Balaban J connectivity index is 2.41. The summed E-state index contributed by atoms with van der Waals surface area (Å²) in [6, 6.07) is 7.24. The first-order valence-electron chi connectivity index (χ1n) is 6.12. The van der Waals surface area contributed by atoms with E-state index in [1.165, 1.54) is 0 Å². The van der Waals surface area contributed by atoms with E-state index in [-0.39, 0.29) is 6.04 Å². The van der Waals surface area contributed by atoms with Gasteiger partial charge in [-0.05, 0) is 30.9 Å². The van der Waals surface area contributed by atoms with E-state index in [4.69, 9.17) is 0 Å². The smallest absolute Gasteiger partial charge is 0.207 e. The lowest BCUT2D eigenvalue weighted by Crippen LogP contribution is -2.38. The maximum Gasteiger partial charge on any atom is 0.243 e. The van der Waals surface area contributed by atoms with E-state index in [2.05, 4.69) is 22.9 Å². The molecule has 1 heterocycles. The Morgan fingerprint density at radius 1 is 1.39 bits per heavy atom. The van der Waals surface area contributed by atoms with Gasteiger partial charge in [0.25, 0.3) is 0 Å². The Morgan fingerprint density at radius 3 is 2.67 bits per heavy atom. The summed E-state index contributed by atoms with van der Waals surface area (Å²) in [5.41, 5.74) is 0.811. The summed E-state index contributed by atoms with van der Waals surface area (Å²) in [7, 11) is -3.36. The number of nitrogens with zero attached hydrogens (tertiary/aromatic N) is 1. The molecule has 2 rings (SSSR count). The zero-order valence-corrected chi connectivity index (χ0v) is 13.0. The van der Waals surface area contributed by atoms with Crippen molar-refractivity contribution in [2.45, 2.75) is 31.2 Å². The summed E-state index contributed by atoms with van der Waals surface area (Å²) in [6.07, 6.45) is 0.932. The van der Waals surface area contributed by atoms with Crippen LogP contribution in [0.3, 0.4) is 0 Å². The minimum absolute atomic E-state index is 0.0645. The van der Waals surface area contributed by atoms with E-state index in [1.54, 1.807) is 16.4 Å². The molecule has 1 saturated heterocycles. The number of alkyl halides is 1. The van der Waals surface area contributed by atoms with E-state index in [1.807, 2.05) is 19.1 Å². The highest BCUT2D eigenvalue weighted by Gasteiger charge is 2.39. The molecule has 1 aromatic rings. The monoisotopic (exact) mass is 331 g/mol. The molecular weight excluding hydrogens is 314 g/mol. The largest absolute Gasteiger partial charge is 0.243 e. The zero-order valence-electron chi connectivity index (χ0n) is 10.6. The SMILES string of the molecule is Cc1ccccc1S(=O)(=O)N1CCC(C)C1CBr. The molecular formula is C13H18BrNO2S. The van der Waals surface area contributed by atoms with Crippen molar-refractivity contribution in [2.24, 2.45) is 5.92 Å². The van der Waals surface area contributed by atoms with Crippen molar-refractivity contribution < 1.29 is 8.42 Å². The molecule has 1 aromatic carbocycles. The highest BCUT2D eigenvalue weighted by molar-refractivity contribution is 9.09. The fraction of sp³-hybridized carbons (Fsp3) is 0.538. The first-order valence-corrected chi connectivity index (χ1v) is 8.68. The van der Waals surface area contributed by atoms with Crippen LogP contribution in [-0.2, 0) is 10.0 Å². The van der Waals surface area contributed by atoms with E-state index in [0.29, 0.717) is 22.7 Å². The third kappa shape index (κ3) is 2.36.